The van der Waals surface area contributed by atoms with Gasteiger partial charge >= 0.3 is 0 Å². The van der Waals surface area contributed by atoms with Crippen LogP contribution in [-0.2, 0) is 4.74 Å². The van der Waals surface area contributed by atoms with Crippen molar-refractivity contribution < 1.29 is 4.74 Å². The molecule has 21 heavy (non-hydrogen) atoms. The maximum atomic E-state index is 6.52. The van der Waals surface area contributed by atoms with E-state index in [1.54, 1.807) is 0 Å². The molecule has 3 N–H and O–H groups in total. The predicted octanol–water partition coefficient (Wildman–Crippen LogP) is 1.66. The minimum Gasteiger partial charge on any atom is -0.370 e. The second kappa shape index (κ2) is 5.97. The number of ether oxygens (including phenoxy) is 1. The zero-order valence-corrected chi connectivity index (χ0v) is 13.2. The number of rotatable bonds is 3. The minimum absolute atomic E-state index is 0.258. The second-order valence-corrected chi connectivity index (χ2v) is 6.97. The van der Waals surface area contributed by atoms with Gasteiger partial charge < -0.3 is 20.7 Å². The Kier molecular flexibility index (Phi) is 4.22. The van der Waals surface area contributed by atoms with Crippen LogP contribution in [0.4, 0.5) is 0 Å². The lowest BCUT2D eigenvalue weighted by molar-refractivity contribution is -0.0974. The zero-order chi connectivity index (χ0) is 14.9. The highest BCUT2D eigenvalue weighted by Crippen LogP contribution is 2.41. The van der Waals surface area contributed by atoms with Gasteiger partial charge in [-0.2, -0.15) is 0 Å². The molecule has 0 aromatic heterocycles. The highest BCUT2D eigenvalue weighted by molar-refractivity contribution is 5.80. The van der Waals surface area contributed by atoms with Gasteiger partial charge in [0.25, 0.3) is 0 Å². The molecular weight excluding hydrogens is 264 g/mol. The Hall–Kier alpha value is -1.07. The average Bonchev–Trinajstić information content (AvgIpc) is 2.84. The Morgan fingerprint density at radius 2 is 2.10 bits per heavy atom. The van der Waals surface area contributed by atoms with Crippen LogP contribution >= 0.6 is 0 Å². The van der Waals surface area contributed by atoms with Crippen molar-refractivity contribution in [1.29, 1.82) is 0 Å². The molecule has 1 unspecified atom stereocenters. The SMILES string of the molecule is CC1CCC(C2(O[C@@H]3CCN(C)C3)C=CNC(N)=N2)CC1. The molecule has 0 amide bonds. The van der Waals surface area contributed by atoms with Crippen molar-refractivity contribution in [2.75, 3.05) is 20.1 Å². The summed E-state index contributed by atoms with van der Waals surface area (Å²) in [4.78, 5) is 7.03. The zero-order valence-electron chi connectivity index (χ0n) is 13.2. The fraction of sp³-hybridized carbons (Fsp3) is 0.812. The maximum Gasteiger partial charge on any atom is 0.195 e. The van der Waals surface area contributed by atoms with Crippen molar-refractivity contribution in [2.45, 2.75) is 50.9 Å². The lowest BCUT2D eigenvalue weighted by atomic mass is 9.77. The molecule has 1 aliphatic carbocycles. The molecule has 2 fully saturated rings. The number of nitrogens with one attached hydrogen (secondary N) is 1. The second-order valence-electron chi connectivity index (χ2n) is 6.97. The normalized spacial score (nSPS) is 40.9. The molecule has 5 heteroatoms. The van der Waals surface area contributed by atoms with Crippen molar-refractivity contribution in [1.82, 2.24) is 10.2 Å². The maximum absolute atomic E-state index is 6.52. The first-order valence-corrected chi connectivity index (χ1v) is 8.23. The molecule has 0 spiro atoms. The molecule has 0 aromatic carbocycles. The van der Waals surface area contributed by atoms with Gasteiger partial charge in [-0.05, 0) is 38.3 Å². The van der Waals surface area contributed by atoms with E-state index in [0.717, 1.165) is 25.4 Å². The number of likely N-dealkylation sites (N-methyl/N-ethyl adjacent to an activating group) is 1. The van der Waals surface area contributed by atoms with E-state index in [9.17, 15) is 0 Å². The van der Waals surface area contributed by atoms with E-state index in [1.807, 2.05) is 6.20 Å². The van der Waals surface area contributed by atoms with E-state index in [1.165, 1.54) is 25.7 Å². The van der Waals surface area contributed by atoms with Gasteiger partial charge in [0.1, 0.15) is 0 Å². The van der Waals surface area contributed by atoms with E-state index < -0.39 is 5.72 Å². The van der Waals surface area contributed by atoms with Gasteiger partial charge in [-0.25, -0.2) is 4.99 Å². The lowest BCUT2D eigenvalue weighted by Gasteiger charge is -2.41. The Balaban J connectivity index is 1.78. The number of aliphatic imine (C=N–C) groups is 1. The van der Waals surface area contributed by atoms with Crippen molar-refractivity contribution in [3.8, 4) is 0 Å². The summed E-state index contributed by atoms with van der Waals surface area (Å²) in [5.74, 6) is 1.74. The van der Waals surface area contributed by atoms with Gasteiger partial charge in [0.05, 0.1) is 6.10 Å². The summed E-state index contributed by atoms with van der Waals surface area (Å²) >= 11 is 0. The number of likely N-dealkylation sites (tertiary alicyclic amines) is 1. The van der Waals surface area contributed by atoms with Crippen LogP contribution < -0.4 is 11.1 Å². The third-order valence-corrected chi connectivity index (χ3v) is 5.15. The highest BCUT2D eigenvalue weighted by atomic mass is 16.5. The van der Waals surface area contributed by atoms with Crippen LogP contribution in [0.25, 0.3) is 0 Å². The van der Waals surface area contributed by atoms with Crippen LogP contribution in [0.15, 0.2) is 17.3 Å². The first-order chi connectivity index (χ1) is 10.1. The van der Waals surface area contributed by atoms with E-state index in [4.69, 9.17) is 15.5 Å². The van der Waals surface area contributed by atoms with Crippen LogP contribution in [0.5, 0.6) is 0 Å². The smallest absolute Gasteiger partial charge is 0.195 e. The predicted molar refractivity (Wildman–Crippen MR) is 84.7 cm³/mol. The molecule has 0 aromatic rings. The first kappa shape index (κ1) is 14.9. The number of hydrogen-bond acceptors (Lipinski definition) is 5. The van der Waals surface area contributed by atoms with E-state index in [2.05, 4.69) is 30.3 Å². The Bertz CT molecular complexity index is 428. The molecule has 2 heterocycles. The van der Waals surface area contributed by atoms with Crippen molar-refractivity contribution in [2.24, 2.45) is 22.6 Å². The van der Waals surface area contributed by atoms with Crippen LogP contribution in [0.2, 0.25) is 0 Å². The molecule has 3 rings (SSSR count). The molecule has 2 atom stereocenters. The quantitative estimate of drug-likeness (QED) is 0.830. The Labute approximate surface area is 127 Å². The van der Waals surface area contributed by atoms with Gasteiger partial charge in [-0.15, -0.1) is 0 Å². The van der Waals surface area contributed by atoms with Gasteiger partial charge in [-0.1, -0.05) is 19.8 Å². The van der Waals surface area contributed by atoms with Crippen molar-refractivity contribution in [3.63, 3.8) is 0 Å². The van der Waals surface area contributed by atoms with Gasteiger partial charge in [0.2, 0.25) is 0 Å². The summed E-state index contributed by atoms with van der Waals surface area (Å²) < 4.78 is 6.52. The summed E-state index contributed by atoms with van der Waals surface area (Å²) in [6.07, 6.45) is 10.2. The van der Waals surface area contributed by atoms with Gasteiger partial charge in [0.15, 0.2) is 11.7 Å². The highest BCUT2D eigenvalue weighted by Gasteiger charge is 2.43. The third-order valence-electron chi connectivity index (χ3n) is 5.15. The van der Waals surface area contributed by atoms with E-state index in [-0.39, 0.29) is 6.10 Å². The Morgan fingerprint density at radius 3 is 2.71 bits per heavy atom. The van der Waals surface area contributed by atoms with Crippen LogP contribution in [0, 0.1) is 11.8 Å². The molecule has 0 radical (unpaired) electrons. The molecule has 1 saturated carbocycles. The van der Waals surface area contributed by atoms with E-state index in [0.29, 0.717) is 11.9 Å². The molecule has 3 aliphatic rings. The Morgan fingerprint density at radius 1 is 1.33 bits per heavy atom. The van der Waals surface area contributed by atoms with E-state index >= 15 is 0 Å². The summed E-state index contributed by atoms with van der Waals surface area (Å²) in [5.41, 5.74) is 5.39. The average molecular weight is 292 g/mol. The van der Waals surface area contributed by atoms with Gasteiger partial charge in [0, 0.05) is 25.2 Å². The molecule has 2 aliphatic heterocycles. The fourth-order valence-corrected chi connectivity index (χ4v) is 3.82. The number of hydrogen-bond donors (Lipinski definition) is 2. The van der Waals surface area contributed by atoms with Crippen LogP contribution in [0.3, 0.4) is 0 Å². The van der Waals surface area contributed by atoms with Crippen molar-refractivity contribution in [3.05, 3.63) is 12.3 Å². The van der Waals surface area contributed by atoms with Crippen molar-refractivity contribution >= 4 is 5.96 Å². The fourth-order valence-electron chi connectivity index (χ4n) is 3.82. The van der Waals surface area contributed by atoms with Gasteiger partial charge in [-0.3, -0.25) is 0 Å². The summed E-state index contributed by atoms with van der Waals surface area (Å²) in [7, 11) is 2.15. The summed E-state index contributed by atoms with van der Waals surface area (Å²) in [6, 6.07) is 0. The topological polar surface area (TPSA) is 62.9 Å². The largest absolute Gasteiger partial charge is 0.370 e. The first-order valence-electron chi connectivity index (χ1n) is 8.23. The monoisotopic (exact) mass is 292 g/mol. The molecule has 5 nitrogen and oxygen atoms in total. The molecule has 1 saturated heterocycles. The van der Waals surface area contributed by atoms with Crippen LogP contribution in [0.1, 0.15) is 39.0 Å². The standard InChI is InChI=1S/C16H28N4O/c1-12-3-5-13(6-4-12)16(8-9-18-15(17)19-16)21-14-7-10-20(2)11-14/h8-9,12-14H,3-7,10-11H2,1-2H3,(H3,17,18,19)/t12?,13?,14-,16?/m1/s1. The summed E-state index contributed by atoms with van der Waals surface area (Å²) in [5, 5.41) is 2.98. The lowest BCUT2D eigenvalue weighted by Crippen LogP contribution is -2.48. The molecule has 0 bridgehead atoms. The third kappa shape index (κ3) is 3.24. The number of nitrogens with zero attached hydrogens (tertiary/aromatic N) is 2. The summed E-state index contributed by atoms with van der Waals surface area (Å²) in [6.45, 7) is 4.43. The number of guanidine groups is 1. The molecular formula is C16H28N4O. The molecule has 118 valence electrons. The van der Waals surface area contributed by atoms with Crippen LogP contribution in [-0.4, -0.2) is 42.8 Å². The minimum atomic E-state index is -0.550. The number of nitrogens with two attached hydrogens (primary N) is 1.